The van der Waals surface area contributed by atoms with Crippen LogP contribution in [0.3, 0.4) is 0 Å². The van der Waals surface area contributed by atoms with Gasteiger partial charge < -0.3 is 5.11 Å². The van der Waals surface area contributed by atoms with Crippen molar-refractivity contribution in [1.29, 1.82) is 0 Å². The molecule has 10 nitrogen and oxygen atoms in total. The van der Waals surface area contributed by atoms with E-state index in [1.54, 1.807) is 50.2 Å². The Balaban J connectivity index is 0. The smallest absolute Gasteiger partial charge is 0.294 e. The van der Waals surface area contributed by atoms with Gasteiger partial charge in [-0.25, -0.2) is 0 Å². The van der Waals surface area contributed by atoms with Gasteiger partial charge >= 0.3 is 0 Å². The van der Waals surface area contributed by atoms with E-state index in [0.29, 0.717) is 0 Å². The van der Waals surface area contributed by atoms with Crippen molar-refractivity contribution in [1.82, 2.24) is 0 Å². The molecule has 3 aromatic carbocycles. The van der Waals surface area contributed by atoms with Gasteiger partial charge in [-0.1, -0.05) is 231 Å². The van der Waals surface area contributed by atoms with Crippen molar-refractivity contribution in [2.45, 2.75) is 267 Å². The van der Waals surface area contributed by atoms with Crippen molar-refractivity contribution in [3.8, 4) is 0 Å². The summed E-state index contributed by atoms with van der Waals surface area (Å²) in [4.78, 5) is -0.0852. The molecule has 0 heterocycles. The molecule has 4 N–H and O–H groups in total. The summed E-state index contributed by atoms with van der Waals surface area (Å²) < 4.78 is 92.4. The van der Waals surface area contributed by atoms with Gasteiger partial charge in [0.1, 0.15) is 0 Å². The maximum atomic E-state index is 10.9. The van der Waals surface area contributed by atoms with Crippen LogP contribution in [0.1, 0.15) is 244 Å². The summed E-state index contributed by atoms with van der Waals surface area (Å²) in [6.07, 6.45) is 42.2. The Morgan fingerprint density at radius 1 is 0.310 bits per heavy atom. The molecule has 3 aromatic rings. The molecule has 0 atom stereocenters. The van der Waals surface area contributed by atoms with E-state index < -0.39 is 30.4 Å². The summed E-state index contributed by atoms with van der Waals surface area (Å²) in [7, 11) is -12.2. The third kappa shape index (κ3) is 44.1. The molecule has 0 radical (unpaired) electrons. The zero-order chi connectivity index (χ0) is 52.4. The van der Waals surface area contributed by atoms with E-state index in [1.807, 2.05) is 0 Å². The Bertz CT molecular complexity index is 1760. The number of unbranched alkanes of at least 4 members (excludes halogenated alkanes) is 27. The van der Waals surface area contributed by atoms with Crippen LogP contribution in [-0.2, 0) is 71.3 Å². The van der Waals surface area contributed by atoms with Gasteiger partial charge in [-0.3, -0.25) is 13.7 Å². The van der Waals surface area contributed by atoms with Crippen LogP contribution >= 0.6 is 0 Å². The van der Waals surface area contributed by atoms with Crippen LogP contribution in [0.15, 0.2) is 87.5 Å². The second kappa shape index (κ2) is 45.5. The Morgan fingerprint density at radius 3 is 0.592 bits per heavy atom. The van der Waals surface area contributed by atoms with Gasteiger partial charge in [0.05, 0.1) is 14.7 Å². The maximum absolute atomic E-state index is 10.9. The molecule has 0 fully saturated rings. The molecule has 0 amide bonds. The second-order valence-electron chi connectivity index (χ2n) is 19.2. The molecule has 0 aliphatic rings. The maximum Gasteiger partial charge on any atom is 0.294 e. The number of hydrogen-bond donors (Lipinski definition) is 4. The van der Waals surface area contributed by atoms with Crippen molar-refractivity contribution in [3.05, 3.63) is 89.5 Å². The molecule has 0 aliphatic heterocycles. The van der Waals surface area contributed by atoms with Crippen LogP contribution in [0.2, 0.25) is 0 Å². The topological polar surface area (TPSA) is 183 Å². The van der Waals surface area contributed by atoms with Crippen molar-refractivity contribution in [3.63, 3.8) is 0 Å². The first-order valence-electron chi connectivity index (χ1n) is 27.2. The number of aliphatic hydroxyl groups is 1. The Hall–Kier alpha value is -1.94. The molecule has 0 saturated heterocycles. The van der Waals surface area contributed by atoms with Gasteiger partial charge in [0.2, 0.25) is 0 Å². The fraction of sp³-hybridized carbons (Fsp3) is 0.684. The van der Waals surface area contributed by atoms with Crippen LogP contribution in [0.4, 0.5) is 0 Å². The van der Waals surface area contributed by atoms with Crippen molar-refractivity contribution >= 4 is 30.4 Å². The minimum Gasteiger partial charge on any atom is -0.394 e. The average molecular weight is 1090 g/mol. The van der Waals surface area contributed by atoms with E-state index in [2.05, 4.69) is 20.8 Å². The zero-order valence-electron chi connectivity index (χ0n) is 44.8. The molecular weight excluding hydrogens is 989 g/mol. The average Bonchev–Trinajstić information content (AvgIpc) is 3.31. The molecule has 0 aliphatic carbocycles. The van der Waals surface area contributed by atoms with E-state index in [-0.39, 0.29) is 42.5 Å². The first-order valence-corrected chi connectivity index (χ1v) is 31.5. The van der Waals surface area contributed by atoms with Gasteiger partial charge in [-0.05, 0) is 105 Å². The molecule has 0 bridgehead atoms. The molecule has 0 saturated carbocycles. The molecule has 3 rings (SSSR count). The van der Waals surface area contributed by atoms with Crippen LogP contribution in [-0.4, -0.2) is 50.1 Å². The van der Waals surface area contributed by atoms with E-state index in [9.17, 15) is 25.3 Å². The Labute approximate surface area is 449 Å². The minimum atomic E-state index is -4.06. The fourth-order valence-electron chi connectivity index (χ4n) is 7.93. The van der Waals surface area contributed by atoms with Crippen molar-refractivity contribution in [2.24, 2.45) is 0 Å². The number of hydrogen-bond acceptors (Lipinski definition) is 7. The minimum absolute atomic E-state index is 0. The Morgan fingerprint density at radius 2 is 0.451 bits per heavy atom. The van der Waals surface area contributed by atoms with Gasteiger partial charge in [-0.2, -0.15) is 25.3 Å². The largest absolute Gasteiger partial charge is 0.394 e. The molecule has 0 unspecified atom stereocenters. The number of aryl methyl sites for hydroxylation is 3. The third-order valence-corrected chi connectivity index (χ3v) is 14.7. The molecule has 0 spiro atoms. The summed E-state index contributed by atoms with van der Waals surface area (Å²) in [6, 6.07) is 19.6. The quantitative estimate of drug-likeness (QED) is 0.0248. The Kier molecular flexibility index (Phi) is 45.5. The first-order chi connectivity index (χ1) is 33.3. The van der Waals surface area contributed by atoms with Gasteiger partial charge in [0, 0.05) is 27.8 Å². The standard InChI is InChI=1S/3C18H30O3S.C3H8O.Ti/c3*1-2-3-4-5-6-7-8-9-10-11-12-17-13-15-18(16-14-17)22(19,20)21;1-3(2)4;/h3*13-16H,2-12H2,1H3,(H,19,20,21);3-4H,1-2H3;. The van der Waals surface area contributed by atoms with Crippen molar-refractivity contribution in [2.75, 3.05) is 0 Å². The molecular formula is C57H98O10S3Ti. The van der Waals surface area contributed by atoms with Gasteiger partial charge in [0.25, 0.3) is 30.4 Å². The number of aliphatic hydroxyl groups excluding tert-OH is 1. The van der Waals surface area contributed by atoms with E-state index in [0.717, 1.165) is 55.2 Å². The predicted octanol–water partition coefficient (Wildman–Crippen LogP) is 16.6. The molecule has 0 aromatic heterocycles. The summed E-state index contributed by atoms with van der Waals surface area (Å²) in [5.74, 6) is 0. The molecule has 71 heavy (non-hydrogen) atoms. The molecule has 408 valence electrons. The first kappa shape index (κ1) is 71.1. The van der Waals surface area contributed by atoms with E-state index >= 15 is 0 Å². The van der Waals surface area contributed by atoms with Crippen LogP contribution < -0.4 is 0 Å². The second-order valence-corrected chi connectivity index (χ2v) is 23.5. The SMILES string of the molecule is CC(C)O.CCCCCCCCCCCCc1ccc(S(=O)(=O)O)cc1.CCCCCCCCCCCCc1ccc(S(=O)(=O)O)cc1.CCCCCCCCCCCCc1ccc(S(=O)(=O)O)cc1.[Ti]. The number of benzene rings is 3. The summed E-state index contributed by atoms with van der Waals surface area (Å²) in [6.45, 7) is 10.2. The van der Waals surface area contributed by atoms with E-state index in [1.165, 1.54) is 210 Å². The number of rotatable bonds is 36. The summed E-state index contributed by atoms with van der Waals surface area (Å²) >= 11 is 0. The summed E-state index contributed by atoms with van der Waals surface area (Å²) in [5.41, 5.74) is 3.39. The predicted molar refractivity (Wildman–Crippen MR) is 293 cm³/mol. The zero-order valence-corrected chi connectivity index (χ0v) is 48.8. The van der Waals surface area contributed by atoms with Crippen LogP contribution in [0.25, 0.3) is 0 Å². The normalized spacial score (nSPS) is 11.4. The summed E-state index contributed by atoms with van der Waals surface area (Å²) in [5, 5.41) is 8.06. The van der Waals surface area contributed by atoms with Crippen LogP contribution in [0, 0.1) is 0 Å². The van der Waals surface area contributed by atoms with Crippen LogP contribution in [0.5, 0.6) is 0 Å². The van der Waals surface area contributed by atoms with Gasteiger partial charge in [-0.15, -0.1) is 0 Å². The molecule has 14 heteroatoms. The third-order valence-electron chi connectivity index (χ3n) is 12.1. The van der Waals surface area contributed by atoms with E-state index in [4.69, 9.17) is 18.8 Å². The fourth-order valence-corrected chi connectivity index (χ4v) is 9.37. The van der Waals surface area contributed by atoms with Crippen molar-refractivity contribution < 1.29 is 65.7 Å². The van der Waals surface area contributed by atoms with Gasteiger partial charge in [0.15, 0.2) is 0 Å². The monoisotopic (exact) mass is 1090 g/mol.